The first kappa shape index (κ1) is 8.21. The maximum atomic E-state index is 11.0. The minimum atomic E-state index is -0.597. The zero-order valence-electron chi connectivity index (χ0n) is 6.34. The van der Waals surface area contributed by atoms with Crippen molar-refractivity contribution in [1.82, 2.24) is 0 Å². The van der Waals surface area contributed by atoms with Gasteiger partial charge in [-0.15, -0.1) is 0 Å². The van der Waals surface area contributed by atoms with Gasteiger partial charge >= 0.3 is 0 Å². The van der Waals surface area contributed by atoms with Crippen molar-refractivity contribution in [3.05, 3.63) is 0 Å². The summed E-state index contributed by atoms with van der Waals surface area (Å²) in [5.41, 5.74) is 0. The molecule has 0 N–H and O–H groups in total. The zero-order chi connectivity index (χ0) is 7.40. The van der Waals surface area contributed by atoms with Crippen LogP contribution in [-0.4, -0.2) is 28.4 Å². The van der Waals surface area contributed by atoms with Gasteiger partial charge in [-0.1, -0.05) is 0 Å². The molecule has 10 heavy (non-hydrogen) atoms. The molecule has 0 radical (unpaired) electrons. The third-order valence-electron chi connectivity index (χ3n) is 1.67. The molecule has 1 aliphatic heterocycles. The molecule has 60 valence electrons. The average Bonchev–Trinajstić information content (AvgIpc) is 1.88. The molecule has 2 atom stereocenters. The van der Waals surface area contributed by atoms with Crippen LogP contribution in [0.1, 0.15) is 19.8 Å². The van der Waals surface area contributed by atoms with E-state index >= 15 is 0 Å². The average molecular weight is 162 g/mol. The van der Waals surface area contributed by atoms with Crippen LogP contribution in [-0.2, 0) is 15.5 Å². The van der Waals surface area contributed by atoms with E-state index < -0.39 is 10.8 Å². The minimum Gasteiger partial charge on any atom is -0.378 e. The molecule has 0 bridgehead atoms. The maximum Gasteiger partial charge on any atom is 0.0690 e. The second-order valence-electron chi connectivity index (χ2n) is 2.53. The van der Waals surface area contributed by atoms with Gasteiger partial charge in [0.1, 0.15) is 0 Å². The molecule has 3 heteroatoms. The highest BCUT2D eigenvalue weighted by Crippen LogP contribution is 2.11. The monoisotopic (exact) mass is 162 g/mol. The molecule has 0 aliphatic carbocycles. The molecule has 1 rings (SSSR count). The topological polar surface area (TPSA) is 26.3 Å². The van der Waals surface area contributed by atoms with Crippen LogP contribution in [0.2, 0.25) is 0 Å². The van der Waals surface area contributed by atoms with Crippen molar-refractivity contribution in [3.8, 4) is 0 Å². The van der Waals surface area contributed by atoms with E-state index in [9.17, 15) is 4.21 Å². The highest BCUT2D eigenvalue weighted by Gasteiger charge is 2.17. The minimum absolute atomic E-state index is 0.277. The smallest absolute Gasteiger partial charge is 0.0690 e. The Morgan fingerprint density at radius 1 is 1.70 bits per heavy atom. The summed E-state index contributed by atoms with van der Waals surface area (Å²) in [6, 6.07) is 0. The first-order valence-corrected chi connectivity index (χ1v) is 5.28. The molecule has 0 spiro atoms. The first-order chi connectivity index (χ1) is 4.83. The maximum absolute atomic E-state index is 11.0. The standard InChI is InChI=1S/C7H14O2S/c1-2-9-7-4-3-5-10(8)6-7/h7H,2-6H2,1H3. The van der Waals surface area contributed by atoms with Crippen LogP contribution >= 0.6 is 0 Å². The Bertz CT molecular complexity index is 123. The number of hydrogen-bond donors (Lipinski definition) is 0. The lowest BCUT2D eigenvalue weighted by Crippen LogP contribution is -2.27. The van der Waals surface area contributed by atoms with Gasteiger partial charge in [-0.25, -0.2) is 0 Å². The van der Waals surface area contributed by atoms with Crippen LogP contribution in [0, 0.1) is 0 Å². The van der Waals surface area contributed by atoms with E-state index in [0.717, 1.165) is 31.0 Å². The summed E-state index contributed by atoms with van der Waals surface area (Å²) in [7, 11) is -0.597. The molecular formula is C7H14O2S. The van der Waals surface area contributed by atoms with Crippen molar-refractivity contribution in [2.75, 3.05) is 18.1 Å². The number of rotatable bonds is 2. The van der Waals surface area contributed by atoms with E-state index in [0.29, 0.717) is 0 Å². The van der Waals surface area contributed by atoms with Gasteiger partial charge in [0.05, 0.1) is 6.10 Å². The lowest BCUT2D eigenvalue weighted by molar-refractivity contribution is 0.0705. The normalized spacial score (nSPS) is 34.1. The fourth-order valence-electron chi connectivity index (χ4n) is 1.21. The zero-order valence-corrected chi connectivity index (χ0v) is 7.15. The highest BCUT2D eigenvalue weighted by molar-refractivity contribution is 7.85. The third kappa shape index (κ3) is 2.39. The molecule has 0 amide bonds. The van der Waals surface area contributed by atoms with Crippen molar-refractivity contribution < 1.29 is 8.95 Å². The summed E-state index contributed by atoms with van der Waals surface area (Å²) < 4.78 is 16.3. The first-order valence-electron chi connectivity index (χ1n) is 3.79. The van der Waals surface area contributed by atoms with E-state index in [1.165, 1.54) is 0 Å². The van der Waals surface area contributed by atoms with Crippen molar-refractivity contribution in [1.29, 1.82) is 0 Å². The van der Waals surface area contributed by atoms with E-state index in [1.807, 2.05) is 6.92 Å². The van der Waals surface area contributed by atoms with Crippen LogP contribution in [0.15, 0.2) is 0 Å². The largest absolute Gasteiger partial charge is 0.378 e. The van der Waals surface area contributed by atoms with Crippen LogP contribution in [0.4, 0.5) is 0 Å². The van der Waals surface area contributed by atoms with Crippen molar-refractivity contribution in [3.63, 3.8) is 0 Å². The molecule has 0 aromatic rings. The number of ether oxygens (including phenoxy) is 1. The Kier molecular flexibility index (Phi) is 3.35. The summed E-state index contributed by atoms with van der Waals surface area (Å²) in [5.74, 6) is 1.64. The van der Waals surface area contributed by atoms with Crippen molar-refractivity contribution >= 4 is 10.8 Å². The van der Waals surface area contributed by atoms with Crippen molar-refractivity contribution in [2.45, 2.75) is 25.9 Å². The van der Waals surface area contributed by atoms with E-state index in [2.05, 4.69) is 0 Å². The molecular weight excluding hydrogens is 148 g/mol. The molecule has 2 nitrogen and oxygen atoms in total. The predicted molar refractivity (Wildman–Crippen MR) is 42.5 cm³/mol. The van der Waals surface area contributed by atoms with Crippen LogP contribution in [0.3, 0.4) is 0 Å². The van der Waals surface area contributed by atoms with Crippen molar-refractivity contribution in [2.24, 2.45) is 0 Å². The Balaban J connectivity index is 2.25. The second-order valence-corrected chi connectivity index (χ2v) is 4.15. The molecule has 1 aliphatic rings. The summed E-state index contributed by atoms with van der Waals surface area (Å²) in [5, 5.41) is 0. The van der Waals surface area contributed by atoms with Gasteiger partial charge < -0.3 is 4.74 Å². The van der Waals surface area contributed by atoms with Crippen LogP contribution in [0.5, 0.6) is 0 Å². The van der Waals surface area contributed by atoms with Crippen LogP contribution < -0.4 is 0 Å². The number of hydrogen-bond acceptors (Lipinski definition) is 2. The summed E-state index contributed by atoms with van der Waals surface area (Å²) in [4.78, 5) is 0. The quantitative estimate of drug-likeness (QED) is 0.604. The van der Waals surface area contributed by atoms with E-state index in [1.54, 1.807) is 0 Å². The summed E-state index contributed by atoms with van der Waals surface area (Å²) >= 11 is 0. The van der Waals surface area contributed by atoms with Gasteiger partial charge in [0, 0.05) is 28.9 Å². The Hall–Kier alpha value is 0.110. The third-order valence-corrected chi connectivity index (χ3v) is 3.16. The lowest BCUT2D eigenvalue weighted by atomic mass is 10.2. The molecule has 2 unspecified atom stereocenters. The van der Waals surface area contributed by atoms with Gasteiger partial charge in [0.25, 0.3) is 0 Å². The predicted octanol–water partition coefficient (Wildman–Crippen LogP) is 0.934. The Morgan fingerprint density at radius 3 is 3.10 bits per heavy atom. The van der Waals surface area contributed by atoms with Gasteiger partial charge in [-0.2, -0.15) is 0 Å². The van der Waals surface area contributed by atoms with Crippen LogP contribution in [0.25, 0.3) is 0 Å². The van der Waals surface area contributed by atoms with Gasteiger partial charge in [-0.05, 0) is 19.8 Å². The fourth-order valence-corrected chi connectivity index (χ4v) is 2.55. The molecule has 0 saturated carbocycles. The van der Waals surface area contributed by atoms with E-state index in [-0.39, 0.29) is 6.10 Å². The Morgan fingerprint density at radius 2 is 2.50 bits per heavy atom. The molecule has 0 aromatic carbocycles. The molecule has 0 aromatic heterocycles. The van der Waals surface area contributed by atoms with Gasteiger partial charge in [0.15, 0.2) is 0 Å². The lowest BCUT2D eigenvalue weighted by Gasteiger charge is -2.20. The molecule has 1 heterocycles. The molecule has 1 saturated heterocycles. The Labute approximate surface area is 64.4 Å². The molecule has 1 fully saturated rings. The fraction of sp³-hybridized carbons (Fsp3) is 1.00. The van der Waals surface area contributed by atoms with Gasteiger partial charge in [-0.3, -0.25) is 4.21 Å². The SMILES string of the molecule is CCOC1CCCS(=O)C1. The summed E-state index contributed by atoms with van der Waals surface area (Å²) in [6.45, 7) is 2.74. The van der Waals surface area contributed by atoms with Gasteiger partial charge in [0.2, 0.25) is 0 Å². The highest BCUT2D eigenvalue weighted by atomic mass is 32.2. The van der Waals surface area contributed by atoms with E-state index in [4.69, 9.17) is 4.74 Å². The summed E-state index contributed by atoms with van der Waals surface area (Å²) in [6.07, 6.45) is 2.44. The second kappa shape index (κ2) is 4.09.